The first-order valence-electron chi connectivity index (χ1n) is 8.21. The second-order valence-electron chi connectivity index (χ2n) is 6.37. The van der Waals surface area contributed by atoms with E-state index in [1.165, 1.54) is 22.7 Å². The van der Waals surface area contributed by atoms with Crippen LogP contribution in [0, 0.1) is 5.92 Å². The number of benzene rings is 1. The van der Waals surface area contributed by atoms with Crippen LogP contribution in [-0.2, 0) is 0 Å². The highest BCUT2D eigenvalue weighted by Gasteiger charge is 2.34. The van der Waals surface area contributed by atoms with Gasteiger partial charge in [-0.2, -0.15) is 0 Å². The first-order valence-corrected chi connectivity index (χ1v) is 8.21. The second kappa shape index (κ2) is 5.53. The molecule has 4 rings (SSSR count). The van der Waals surface area contributed by atoms with Crippen molar-refractivity contribution >= 4 is 5.69 Å². The lowest BCUT2D eigenvalue weighted by atomic mass is 9.99. The maximum atomic E-state index is 3.79. The molecule has 1 N–H and O–H groups in total. The van der Waals surface area contributed by atoms with E-state index in [4.69, 9.17) is 0 Å². The number of hydrogen-bond donors (Lipinski definition) is 1. The minimum atomic E-state index is 0.257. The summed E-state index contributed by atoms with van der Waals surface area (Å²) in [6.45, 7) is 2.28. The van der Waals surface area contributed by atoms with Crippen molar-refractivity contribution in [2.24, 2.45) is 5.92 Å². The van der Waals surface area contributed by atoms with E-state index in [1.54, 1.807) is 0 Å². The lowest BCUT2D eigenvalue weighted by molar-refractivity contribution is 0.614. The first kappa shape index (κ1) is 13.4. The van der Waals surface area contributed by atoms with Gasteiger partial charge >= 0.3 is 0 Å². The van der Waals surface area contributed by atoms with Gasteiger partial charge in [0.2, 0.25) is 0 Å². The fourth-order valence-electron chi connectivity index (χ4n) is 3.56. The molecule has 0 saturated carbocycles. The summed E-state index contributed by atoms with van der Waals surface area (Å²) in [6.07, 6.45) is 15.0. The summed E-state index contributed by atoms with van der Waals surface area (Å²) in [6, 6.07) is 10.7. The minimum absolute atomic E-state index is 0.257. The Bertz CT molecular complexity index is 679. The number of rotatable bonds is 2. The molecule has 0 amide bonds. The molecule has 1 aromatic carbocycles. The van der Waals surface area contributed by atoms with Crippen molar-refractivity contribution in [3.63, 3.8) is 0 Å². The Morgan fingerprint density at radius 1 is 1.18 bits per heavy atom. The van der Waals surface area contributed by atoms with Crippen LogP contribution in [0.3, 0.4) is 0 Å². The average Bonchev–Trinajstić information content (AvgIpc) is 2.95. The highest BCUT2D eigenvalue weighted by atomic mass is 15.3. The summed E-state index contributed by atoms with van der Waals surface area (Å²) in [5.74, 6) is 0.614. The van der Waals surface area contributed by atoms with Gasteiger partial charge < -0.3 is 10.2 Å². The largest absolute Gasteiger partial charge is 0.363 e. The molecule has 0 spiro atoms. The van der Waals surface area contributed by atoms with Crippen molar-refractivity contribution in [2.45, 2.75) is 32.4 Å². The lowest BCUT2D eigenvalue weighted by Crippen LogP contribution is -2.39. The Labute approximate surface area is 132 Å². The molecule has 0 radical (unpaired) electrons. The predicted molar refractivity (Wildman–Crippen MR) is 92.2 cm³/mol. The molecule has 1 aliphatic heterocycles. The molecule has 1 aromatic rings. The van der Waals surface area contributed by atoms with E-state index in [1.807, 2.05) is 0 Å². The van der Waals surface area contributed by atoms with Crippen LogP contribution < -0.4 is 10.2 Å². The number of nitrogens with zero attached hydrogens (tertiary/aromatic N) is 1. The monoisotopic (exact) mass is 290 g/mol. The standard InChI is InChI=1S/C20H22N2/c1-15-12-13-19-18(14-15)21-20(16-8-4-2-5-9-16)22(19)17-10-6-3-7-11-17/h2-4,6-8,10-13,15,20-21H,5,9,14H2,1H3. The molecule has 2 heteroatoms. The molecule has 0 saturated heterocycles. The second-order valence-corrected chi connectivity index (χ2v) is 6.37. The fourth-order valence-corrected chi connectivity index (χ4v) is 3.56. The summed E-state index contributed by atoms with van der Waals surface area (Å²) in [7, 11) is 0. The fraction of sp³-hybridized carbons (Fsp3) is 0.300. The van der Waals surface area contributed by atoms with Crippen LogP contribution in [0.15, 0.2) is 77.7 Å². The summed E-state index contributed by atoms with van der Waals surface area (Å²) in [5.41, 5.74) is 5.46. The predicted octanol–water partition coefficient (Wildman–Crippen LogP) is 4.51. The quantitative estimate of drug-likeness (QED) is 0.862. The molecule has 112 valence electrons. The van der Waals surface area contributed by atoms with Crippen LogP contribution in [-0.4, -0.2) is 6.17 Å². The summed E-state index contributed by atoms with van der Waals surface area (Å²) >= 11 is 0. The molecular formula is C20H22N2. The van der Waals surface area contributed by atoms with Gasteiger partial charge in [0, 0.05) is 11.4 Å². The SMILES string of the molecule is CC1C=CC2=C(C1)NC(C1=CC=CCC1)N2c1ccccc1. The molecule has 2 unspecified atom stereocenters. The number of para-hydroxylation sites is 1. The average molecular weight is 290 g/mol. The maximum absolute atomic E-state index is 3.79. The van der Waals surface area contributed by atoms with E-state index >= 15 is 0 Å². The third-order valence-corrected chi connectivity index (χ3v) is 4.68. The molecule has 2 aliphatic carbocycles. The van der Waals surface area contributed by atoms with Crippen LogP contribution in [0.1, 0.15) is 26.2 Å². The minimum Gasteiger partial charge on any atom is -0.363 e. The topological polar surface area (TPSA) is 15.3 Å². The van der Waals surface area contributed by atoms with Crippen molar-refractivity contribution < 1.29 is 0 Å². The molecule has 2 atom stereocenters. The van der Waals surface area contributed by atoms with Crippen molar-refractivity contribution in [3.05, 3.63) is 77.7 Å². The summed E-state index contributed by atoms with van der Waals surface area (Å²) < 4.78 is 0. The van der Waals surface area contributed by atoms with E-state index in [0.29, 0.717) is 5.92 Å². The third kappa shape index (κ3) is 2.29. The summed E-state index contributed by atoms with van der Waals surface area (Å²) in [4.78, 5) is 2.46. The normalized spacial score (nSPS) is 26.8. The molecule has 2 nitrogen and oxygen atoms in total. The number of hydrogen-bond acceptors (Lipinski definition) is 2. The van der Waals surface area contributed by atoms with Crippen LogP contribution >= 0.6 is 0 Å². The van der Waals surface area contributed by atoms with Gasteiger partial charge in [-0.1, -0.05) is 49.4 Å². The van der Waals surface area contributed by atoms with Crippen molar-refractivity contribution in [3.8, 4) is 0 Å². The van der Waals surface area contributed by atoms with Crippen LogP contribution in [0.2, 0.25) is 0 Å². The molecule has 0 fully saturated rings. The first-order chi connectivity index (χ1) is 10.8. The Hall–Kier alpha value is -2.22. The Kier molecular flexibility index (Phi) is 3.38. The highest BCUT2D eigenvalue weighted by Crippen LogP contribution is 2.37. The van der Waals surface area contributed by atoms with Crippen molar-refractivity contribution in [1.82, 2.24) is 5.32 Å². The van der Waals surface area contributed by atoms with Gasteiger partial charge in [0.15, 0.2) is 0 Å². The van der Waals surface area contributed by atoms with Crippen molar-refractivity contribution in [1.29, 1.82) is 0 Å². The number of allylic oxidation sites excluding steroid dienone is 6. The Balaban J connectivity index is 1.75. The highest BCUT2D eigenvalue weighted by molar-refractivity contribution is 5.62. The molecular weight excluding hydrogens is 268 g/mol. The van der Waals surface area contributed by atoms with Gasteiger partial charge in [-0.25, -0.2) is 0 Å². The van der Waals surface area contributed by atoms with Gasteiger partial charge in [0.1, 0.15) is 6.17 Å². The van der Waals surface area contributed by atoms with Crippen LogP contribution in [0.25, 0.3) is 0 Å². The smallest absolute Gasteiger partial charge is 0.126 e. The van der Waals surface area contributed by atoms with Crippen molar-refractivity contribution in [2.75, 3.05) is 4.90 Å². The lowest BCUT2D eigenvalue weighted by Gasteiger charge is -2.31. The molecule has 3 aliphatic rings. The van der Waals surface area contributed by atoms with Crippen LogP contribution in [0.5, 0.6) is 0 Å². The van der Waals surface area contributed by atoms with E-state index in [2.05, 4.69) is 77.9 Å². The third-order valence-electron chi connectivity index (χ3n) is 4.68. The van der Waals surface area contributed by atoms with E-state index in [9.17, 15) is 0 Å². The zero-order valence-corrected chi connectivity index (χ0v) is 13.0. The number of nitrogens with one attached hydrogen (secondary N) is 1. The zero-order valence-electron chi connectivity index (χ0n) is 13.0. The van der Waals surface area contributed by atoms with Crippen LogP contribution in [0.4, 0.5) is 5.69 Å². The Morgan fingerprint density at radius 2 is 2.05 bits per heavy atom. The molecule has 0 bridgehead atoms. The van der Waals surface area contributed by atoms with Gasteiger partial charge in [0.25, 0.3) is 0 Å². The summed E-state index contributed by atoms with van der Waals surface area (Å²) in [5, 5.41) is 3.79. The number of anilines is 1. The van der Waals surface area contributed by atoms with E-state index in [-0.39, 0.29) is 6.17 Å². The molecule has 0 aromatic heterocycles. The van der Waals surface area contributed by atoms with E-state index < -0.39 is 0 Å². The van der Waals surface area contributed by atoms with Gasteiger partial charge in [0.05, 0.1) is 5.70 Å². The van der Waals surface area contributed by atoms with Gasteiger partial charge in [-0.15, -0.1) is 0 Å². The zero-order chi connectivity index (χ0) is 14.9. The van der Waals surface area contributed by atoms with Gasteiger partial charge in [-0.05, 0) is 49.0 Å². The molecule has 22 heavy (non-hydrogen) atoms. The maximum Gasteiger partial charge on any atom is 0.126 e. The Morgan fingerprint density at radius 3 is 2.82 bits per heavy atom. The van der Waals surface area contributed by atoms with E-state index in [0.717, 1.165) is 19.3 Å². The van der Waals surface area contributed by atoms with Gasteiger partial charge in [-0.3, -0.25) is 0 Å². The molecule has 1 heterocycles.